The fourth-order valence-corrected chi connectivity index (χ4v) is 0.925. The summed E-state index contributed by atoms with van der Waals surface area (Å²) in [7, 11) is 0. The molecular weight excluding hydrogens is 168 g/mol. The molecule has 0 aliphatic rings. The molecule has 3 heteroatoms. The average Bonchev–Trinajstić information content (AvgIpc) is 2.17. The van der Waals surface area contributed by atoms with E-state index in [0.717, 1.165) is 11.8 Å². The molecule has 1 rings (SSSR count). The summed E-state index contributed by atoms with van der Waals surface area (Å²) in [6, 6.07) is 7.20. The van der Waals surface area contributed by atoms with Crippen LogP contribution in [0.1, 0.15) is 5.56 Å². The summed E-state index contributed by atoms with van der Waals surface area (Å²) in [5.74, 6) is 0.712. The second-order valence-corrected chi connectivity index (χ2v) is 2.46. The van der Waals surface area contributed by atoms with Crippen molar-refractivity contribution in [3.8, 4) is 5.75 Å². The first kappa shape index (κ1) is 9.61. The van der Waals surface area contributed by atoms with Gasteiger partial charge < -0.3 is 14.9 Å². The zero-order chi connectivity index (χ0) is 9.52. The average molecular weight is 180 g/mol. The topological polar surface area (TPSA) is 49.7 Å². The molecule has 0 unspecified atom stereocenters. The Hall–Kier alpha value is -1.48. The van der Waals surface area contributed by atoms with Gasteiger partial charge in [0.25, 0.3) is 0 Å². The van der Waals surface area contributed by atoms with Gasteiger partial charge in [-0.15, -0.1) is 0 Å². The van der Waals surface area contributed by atoms with Crippen molar-refractivity contribution in [2.75, 3.05) is 13.2 Å². The summed E-state index contributed by atoms with van der Waals surface area (Å²) in [5, 5.41) is 17.0. The van der Waals surface area contributed by atoms with E-state index in [1.807, 2.05) is 12.1 Å². The molecule has 3 nitrogen and oxygen atoms in total. The van der Waals surface area contributed by atoms with Crippen LogP contribution in [0.2, 0.25) is 0 Å². The van der Waals surface area contributed by atoms with E-state index in [-0.39, 0.29) is 6.61 Å². The highest BCUT2D eigenvalue weighted by molar-refractivity contribution is 5.49. The van der Waals surface area contributed by atoms with Gasteiger partial charge in [0.15, 0.2) is 0 Å². The Labute approximate surface area is 76.9 Å². The van der Waals surface area contributed by atoms with Gasteiger partial charge in [-0.25, -0.2) is 0 Å². The molecule has 13 heavy (non-hydrogen) atoms. The molecule has 0 aliphatic carbocycles. The van der Waals surface area contributed by atoms with Gasteiger partial charge in [-0.05, 0) is 23.8 Å². The Bertz CT molecular complexity index is 264. The minimum atomic E-state index is 0.0122. The van der Waals surface area contributed by atoms with Gasteiger partial charge in [-0.1, -0.05) is 12.1 Å². The molecule has 0 aromatic heterocycles. The van der Waals surface area contributed by atoms with E-state index >= 15 is 0 Å². The highest BCUT2D eigenvalue weighted by Crippen LogP contribution is 2.12. The quantitative estimate of drug-likeness (QED) is 0.692. The number of aliphatic hydroxyl groups excluding tert-OH is 2. The summed E-state index contributed by atoms with van der Waals surface area (Å²) < 4.78 is 5.15. The van der Waals surface area contributed by atoms with E-state index in [1.54, 1.807) is 18.2 Å². The Morgan fingerprint density at radius 2 is 1.92 bits per heavy atom. The first-order valence-corrected chi connectivity index (χ1v) is 4.01. The molecule has 0 saturated heterocycles. The van der Waals surface area contributed by atoms with Crippen LogP contribution >= 0.6 is 0 Å². The molecule has 0 aliphatic heterocycles. The standard InChI is InChI=1S/C10H12O3/c11-6-5-9-1-3-10(4-2-9)13-8-7-12/h1-6,11-12H,7-8H2/b6-5+. The zero-order valence-corrected chi connectivity index (χ0v) is 7.18. The second-order valence-electron chi connectivity index (χ2n) is 2.46. The third-order valence-corrected chi connectivity index (χ3v) is 1.51. The lowest BCUT2D eigenvalue weighted by molar-refractivity contribution is 0.201. The van der Waals surface area contributed by atoms with Gasteiger partial charge in [0.05, 0.1) is 12.9 Å². The summed E-state index contributed by atoms with van der Waals surface area (Å²) in [6.07, 6.45) is 2.57. The molecule has 1 aromatic carbocycles. The van der Waals surface area contributed by atoms with Crippen LogP contribution in [0, 0.1) is 0 Å². The molecule has 0 atom stereocenters. The van der Waals surface area contributed by atoms with Crippen LogP contribution in [-0.2, 0) is 0 Å². The molecule has 0 amide bonds. The molecule has 70 valence electrons. The zero-order valence-electron chi connectivity index (χ0n) is 7.18. The predicted octanol–water partition coefficient (Wildman–Crippen LogP) is 1.59. The maximum Gasteiger partial charge on any atom is 0.119 e. The first-order valence-electron chi connectivity index (χ1n) is 4.01. The Balaban J connectivity index is 2.58. The van der Waals surface area contributed by atoms with E-state index in [9.17, 15) is 0 Å². The van der Waals surface area contributed by atoms with E-state index in [2.05, 4.69) is 0 Å². The predicted molar refractivity (Wildman–Crippen MR) is 50.7 cm³/mol. The number of rotatable bonds is 4. The summed E-state index contributed by atoms with van der Waals surface area (Å²) in [5.41, 5.74) is 0.902. The molecule has 0 spiro atoms. The second kappa shape index (κ2) is 5.22. The van der Waals surface area contributed by atoms with Crippen molar-refractivity contribution in [2.24, 2.45) is 0 Å². The van der Waals surface area contributed by atoms with Crippen LogP contribution in [0.15, 0.2) is 30.5 Å². The van der Waals surface area contributed by atoms with Crippen LogP contribution in [0.3, 0.4) is 0 Å². The SMILES string of the molecule is O/C=C/c1ccc(OCCO)cc1. The lowest BCUT2D eigenvalue weighted by Crippen LogP contribution is -2.01. The molecule has 0 fully saturated rings. The molecule has 0 bridgehead atoms. The van der Waals surface area contributed by atoms with Crippen LogP contribution in [0.25, 0.3) is 6.08 Å². The van der Waals surface area contributed by atoms with Crippen LogP contribution in [-0.4, -0.2) is 23.4 Å². The maximum absolute atomic E-state index is 8.50. The molecular formula is C10H12O3. The van der Waals surface area contributed by atoms with E-state index in [1.165, 1.54) is 0 Å². The lowest BCUT2D eigenvalue weighted by atomic mass is 10.2. The Morgan fingerprint density at radius 1 is 1.23 bits per heavy atom. The largest absolute Gasteiger partial charge is 0.516 e. The molecule has 0 saturated carbocycles. The number of benzene rings is 1. The number of hydrogen-bond acceptors (Lipinski definition) is 3. The Kier molecular flexibility index (Phi) is 3.85. The van der Waals surface area contributed by atoms with Crippen molar-refractivity contribution in [2.45, 2.75) is 0 Å². The van der Waals surface area contributed by atoms with E-state index in [0.29, 0.717) is 12.4 Å². The molecule has 1 aromatic rings. The fraction of sp³-hybridized carbons (Fsp3) is 0.200. The Morgan fingerprint density at radius 3 is 2.46 bits per heavy atom. The van der Waals surface area contributed by atoms with Gasteiger partial charge in [0.1, 0.15) is 12.4 Å². The fourth-order valence-electron chi connectivity index (χ4n) is 0.925. The summed E-state index contributed by atoms with van der Waals surface area (Å²) >= 11 is 0. The molecule has 0 heterocycles. The minimum Gasteiger partial charge on any atom is -0.516 e. The van der Waals surface area contributed by atoms with Crippen molar-refractivity contribution < 1.29 is 14.9 Å². The normalized spacial score (nSPS) is 10.5. The third kappa shape index (κ3) is 3.17. The van der Waals surface area contributed by atoms with E-state index in [4.69, 9.17) is 14.9 Å². The van der Waals surface area contributed by atoms with Gasteiger partial charge in [0, 0.05) is 0 Å². The van der Waals surface area contributed by atoms with Gasteiger partial charge >= 0.3 is 0 Å². The maximum atomic E-state index is 8.50. The number of aliphatic hydroxyl groups is 2. The first-order chi connectivity index (χ1) is 6.36. The summed E-state index contributed by atoms with van der Waals surface area (Å²) in [6.45, 7) is 0.313. The number of ether oxygens (including phenoxy) is 1. The van der Waals surface area contributed by atoms with Gasteiger partial charge in [0.2, 0.25) is 0 Å². The summed E-state index contributed by atoms with van der Waals surface area (Å²) in [4.78, 5) is 0. The minimum absolute atomic E-state index is 0.0122. The number of hydrogen-bond donors (Lipinski definition) is 2. The monoisotopic (exact) mass is 180 g/mol. The van der Waals surface area contributed by atoms with Crippen molar-refractivity contribution in [1.82, 2.24) is 0 Å². The third-order valence-electron chi connectivity index (χ3n) is 1.51. The van der Waals surface area contributed by atoms with Gasteiger partial charge in [-0.3, -0.25) is 0 Å². The van der Waals surface area contributed by atoms with Crippen molar-refractivity contribution in [3.63, 3.8) is 0 Å². The van der Waals surface area contributed by atoms with E-state index < -0.39 is 0 Å². The van der Waals surface area contributed by atoms with Crippen molar-refractivity contribution in [1.29, 1.82) is 0 Å². The van der Waals surface area contributed by atoms with Crippen molar-refractivity contribution in [3.05, 3.63) is 36.1 Å². The van der Waals surface area contributed by atoms with Crippen LogP contribution in [0.5, 0.6) is 5.75 Å². The lowest BCUT2D eigenvalue weighted by Gasteiger charge is -2.03. The smallest absolute Gasteiger partial charge is 0.119 e. The highest BCUT2D eigenvalue weighted by atomic mass is 16.5. The van der Waals surface area contributed by atoms with Gasteiger partial charge in [-0.2, -0.15) is 0 Å². The van der Waals surface area contributed by atoms with Crippen LogP contribution < -0.4 is 4.74 Å². The molecule has 0 radical (unpaired) electrons. The van der Waals surface area contributed by atoms with Crippen LogP contribution in [0.4, 0.5) is 0 Å². The highest BCUT2D eigenvalue weighted by Gasteiger charge is 1.91. The van der Waals surface area contributed by atoms with Crippen molar-refractivity contribution >= 4 is 6.08 Å². The molecule has 2 N–H and O–H groups in total.